The van der Waals surface area contributed by atoms with Gasteiger partial charge in [0, 0.05) is 11.8 Å². The lowest BCUT2D eigenvalue weighted by Gasteiger charge is -2.30. The van der Waals surface area contributed by atoms with Crippen molar-refractivity contribution in [3.63, 3.8) is 0 Å². The van der Waals surface area contributed by atoms with Crippen molar-refractivity contribution < 1.29 is 4.74 Å². The van der Waals surface area contributed by atoms with E-state index in [4.69, 9.17) is 11.2 Å². The molecule has 1 aliphatic carbocycles. The topological polar surface area (TPSA) is 9.23 Å². The maximum Gasteiger partial charge on any atom is 0.115 e. The van der Waals surface area contributed by atoms with Gasteiger partial charge in [0.1, 0.15) is 5.76 Å². The Labute approximate surface area is 115 Å². The van der Waals surface area contributed by atoms with Crippen molar-refractivity contribution in [2.24, 2.45) is 0 Å². The van der Waals surface area contributed by atoms with Gasteiger partial charge in [-0.1, -0.05) is 48.6 Å². The van der Waals surface area contributed by atoms with Crippen LogP contribution >= 0.6 is 0 Å². The number of benzene rings is 1. The first-order valence-electron chi connectivity index (χ1n) is 6.41. The Morgan fingerprint density at radius 2 is 2.16 bits per heavy atom. The molecule has 1 aromatic carbocycles. The normalized spacial score (nSPS) is 22.0. The van der Waals surface area contributed by atoms with Gasteiger partial charge in [-0.3, -0.25) is 0 Å². The molecule has 0 saturated heterocycles. The minimum atomic E-state index is -0.155. The van der Waals surface area contributed by atoms with Crippen molar-refractivity contribution in [2.45, 2.75) is 18.3 Å². The standard InChI is InChI=1S/C18H18O/c1-3-4-8-13-18(16-10-6-5-7-11-16)14-9-12-17(15-18)19-2/h1,5-13,15H,4,14H2,2H3/b13-8+. The number of terminal acetylenes is 1. The monoisotopic (exact) mass is 250 g/mol. The summed E-state index contributed by atoms with van der Waals surface area (Å²) < 4.78 is 5.37. The minimum Gasteiger partial charge on any atom is -0.497 e. The molecule has 1 nitrogen and oxygen atoms in total. The summed E-state index contributed by atoms with van der Waals surface area (Å²) in [5.74, 6) is 3.53. The first kappa shape index (κ1) is 13.2. The Balaban J connectivity index is 2.43. The van der Waals surface area contributed by atoms with E-state index in [-0.39, 0.29) is 5.41 Å². The Kier molecular flexibility index (Phi) is 4.26. The highest BCUT2D eigenvalue weighted by Gasteiger charge is 2.28. The molecular weight excluding hydrogens is 232 g/mol. The van der Waals surface area contributed by atoms with Crippen LogP contribution in [0.5, 0.6) is 0 Å². The molecule has 0 amide bonds. The van der Waals surface area contributed by atoms with Gasteiger partial charge in [0.25, 0.3) is 0 Å². The molecule has 1 unspecified atom stereocenters. The first-order chi connectivity index (χ1) is 9.30. The van der Waals surface area contributed by atoms with E-state index >= 15 is 0 Å². The Bertz CT molecular complexity index is 543. The van der Waals surface area contributed by atoms with Crippen LogP contribution in [0.1, 0.15) is 18.4 Å². The molecule has 0 heterocycles. The number of hydrogen-bond donors (Lipinski definition) is 0. The van der Waals surface area contributed by atoms with Gasteiger partial charge in [-0.25, -0.2) is 0 Å². The molecule has 1 heteroatoms. The van der Waals surface area contributed by atoms with Gasteiger partial charge in [0.05, 0.1) is 7.11 Å². The SMILES string of the molecule is C#CC/C=C/C1(c2ccccc2)C=C(OC)C=CC1. The lowest BCUT2D eigenvalue weighted by atomic mass is 9.74. The lowest BCUT2D eigenvalue weighted by Crippen LogP contribution is -2.22. The van der Waals surface area contributed by atoms with E-state index in [9.17, 15) is 0 Å². The Morgan fingerprint density at radius 1 is 1.37 bits per heavy atom. The zero-order valence-corrected chi connectivity index (χ0v) is 11.2. The number of rotatable bonds is 4. The third-order valence-corrected chi connectivity index (χ3v) is 3.34. The molecule has 0 bridgehead atoms. The molecule has 1 atom stereocenters. The highest BCUT2D eigenvalue weighted by Crippen LogP contribution is 2.36. The van der Waals surface area contributed by atoms with Gasteiger partial charge in [0.2, 0.25) is 0 Å². The second kappa shape index (κ2) is 6.11. The van der Waals surface area contributed by atoms with Gasteiger partial charge in [-0.05, 0) is 24.1 Å². The summed E-state index contributed by atoms with van der Waals surface area (Å²) in [6.45, 7) is 0. The van der Waals surface area contributed by atoms with E-state index in [2.05, 4.69) is 54.5 Å². The van der Waals surface area contributed by atoms with E-state index in [1.165, 1.54) is 5.56 Å². The van der Waals surface area contributed by atoms with Crippen LogP contribution in [0.3, 0.4) is 0 Å². The zero-order valence-electron chi connectivity index (χ0n) is 11.2. The molecule has 0 radical (unpaired) electrons. The highest BCUT2D eigenvalue weighted by atomic mass is 16.5. The fourth-order valence-corrected chi connectivity index (χ4v) is 2.36. The molecule has 0 aliphatic heterocycles. The van der Waals surface area contributed by atoms with E-state index < -0.39 is 0 Å². The van der Waals surface area contributed by atoms with Gasteiger partial charge in [-0.15, -0.1) is 12.3 Å². The van der Waals surface area contributed by atoms with E-state index in [1.54, 1.807) is 7.11 Å². The fourth-order valence-electron chi connectivity index (χ4n) is 2.36. The number of hydrogen-bond acceptors (Lipinski definition) is 1. The largest absolute Gasteiger partial charge is 0.497 e. The van der Waals surface area contributed by atoms with E-state index in [0.717, 1.165) is 12.2 Å². The molecule has 0 N–H and O–H groups in total. The summed E-state index contributed by atoms with van der Waals surface area (Å²) in [4.78, 5) is 0. The van der Waals surface area contributed by atoms with Gasteiger partial charge in [0.15, 0.2) is 0 Å². The molecule has 1 aliphatic rings. The molecule has 0 fully saturated rings. The van der Waals surface area contributed by atoms with Gasteiger partial charge < -0.3 is 4.74 Å². The van der Waals surface area contributed by atoms with Crippen molar-refractivity contribution in [1.82, 2.24) is 0 Å². The number of methoxy groups -OCH3 is 1. The zero-order chi connectivity index (χ0) is 13.6. The van der Waals surface area contributed by atoms with Crippen LogP contribution in [0.4, 0.5) is 0 Å². The predicted octanol–water partition coefficient (Wildman–Crippen LogP) is 3.99. The van der Waals surface area contributed by atoms with E-state index in [0.29, 0.717) is 6.42 Å². The number of ether oxygens (including phenoxy) is 1. The van der Waals surface area contributed by atoms with Crippen LogP contribution < -0.4 is 0 Å². The second-order valence-corrected chi connectivity index (χ2v) is 4.57. The Hall–Kier alpha value is -2.20. The third kappa shape index (κ3) is 2.98. The molecule has 0 spiro atoms. The second-order valence-electron chi connectivity index (χ2n) is 4.57. The van der Waals surface area contributed by atoms with Crippen molar-refractivity contribution in [3.05, 3.63) is 72.0 Å². The van der Waals surface area contributed by atoms with E-state index in [1.807, 2.05) is 12.1 Å². The molecular formula is C18H18O. The molecule has 96 valence electrons. The lowest BCUT2D eigenvalue weighted by molar-refractivity contribution is 0.299. The van der Waals surface area contributed by atoms with Crippen LogP contribution in [0.2, 0.25) is 0 Å². The first-order valence-corrected chi connectivity index (χ1v) is 6.41. The average Bonchev–Trinajstić information content (AvgIpc) is 2.49. The van der Waals surface area contributed by atoms with Crippen molar-refractivity contribution in [1.29, 1.82) is 0 Å². The molecule has 2 rings (SSSR count). The summed E-state index contributed by atoms with van der Waals surface area (Å²) in [7, 11) is 1.70. The van der Waals surface area contributed by atoms with Crippen LogP contribution in [-0.4, -0.2) is 7.11 Å². The maximum atomic E-state index is 5.37. The summed E-state index contributed by atoms with van der Waals surface area (Å²) in [6, 6.07) is 10.4. The van der Waals surface area contributed by atoms with Crippen LogP contribution in [-0.2, 0) is 10.2 Å². The summed E-state index contributed by atoms with van der Waals surface area (Å²) >= 11 is 0. The summed E-state index contributed by atoms with van der Waals surface area (Å²) in [5, 5.41) is 0. The minimum absolute atomic E-state index is 0.155. The van der Waals surface area contributed by atoms with Crippen molar-refractivity contribution in [3.8, 4) is 12.3 Å². The highest BCUT2D eigenvalue weighted by molar-refractivity contribution is 5.42. The molecule has 1 aromatic rings. The molecule has 0 aromatic heterocycles. The summed E-state index contributed by atoms with van der Waals surface area (Å²) in [5.41, 5.74) is 1.10. The van der Waals surface area contributed by atoms with Crippen LogP contribution in [0.15, 0.2) is 66.5 Å². The quantitative estimate of drug-likeness (QED) is 0.580. The fraction of sp³-hybridized carbons (Fsp3) is 0.222. The number of allylic oxidation sites excluding steroid dienone is 5. The Morgan fingerprint density at radius 3 is 2.84 bits per heavy atom. The smallest absolute Gasteiger partial charge is 0.115 e. The third-order valence-electron chi connectivity index (χ3n) is 3.34. The van der Waals surface area contributed by atoms with Gasteiger partial charge in [-0.2, -0.15) is 0 Å². The van der Waals surface area contributed by atoms with Crippen molar-refractivity contribution >= 4 is 0 Å². The van der Waals surface area contributed by atoms with Gasteiger partial charge >= 0.3 is 0 Å². The van der Waals surface area contributed by atoms with Crippen LogP contribution in [0, 0.1) is 12.3 Å². The van der Waals surface area contributed by atoms with Crippen molar-refractivity contribution in [2.75, 3.05) is 7.11 Å². The predicted molar refractivity (Wildman–Crippen MR) is 79.6 cm³/mol. The average molecular weight is 250 g/mol. The maximum absolute atomic E-state index is 5.37. The summed E-state index contributed by atoms with van der Waals surface area (Å²) in [6.07, 6.45) is 17.4. The molecule has 0 saturated carbocycles. The molecule has 19 heavy (non-hydrogen) atoms. The van der Waals surface area contributed by atoms with Crippen LogP contribution in [0.25, 0.3) is 0 Å².